The van der Waals surface area contributed by atoms with Gasteiger partial charge in [0.15, 0.2) is 6.10 Å². The first-order valence-electron chi connectivity index (χ1n) is 27.9. The molecule has 62 heavy (non-hydrogen) atoms. The lowest BCUT2D eigenvalue weighted by atomic mass is 10.0. The van der Waals surface area contributed by atoms with Crippen LogP contribution in [0.2, 0.25) is 0 Å². The van der Waals surface area contributed by atoms with Crippen molar-refractivity contribution in [1.29, 1.82) is 0 Å². The molecule has 0 saturated carbocycles. The van der Waals surface area contributed by atoms with E-state index >= 15 is 0 Å². The number of rotatable bonds is 51. The van der Waals surface area contributed by atoms with Gasteiger partial charge in [0.25, 0.3) is 0 Å². The third kappa shape index (κ3) is 49.4. The summed E-state index contributed by atoms with van der Waals surface area (Å²) in [5.41, 5.74) is 0. The summed E-state index contributed by atoms with van der Waals surface area (Å²) in [4.78, 5) is 38.0. The van der Waals surface area contributed by atoms with E-state index in [4.69, 9.17) is 14.2 Å². The molecule has 0 aromatic carbocycles. The number of unbranched alkanes of at least 4 members (excludes halogenated alkanes) is 38. The highest BCUT2D eigenvalue weighted by Gasteiger charge is 2.19. The minimum Gasteiger partial charge on any atom is -0.462 e. The quantitative estimate of drug-likeness (QED) is 0.0344. The molecule has 0 N–H and O–H groups in total. The lowest BCUT2D eigenvalue weighted by molar-refractivity contribution is -0.167. The van der Waals surface area contributed by atoms with Crippen LogP contribution in [0.1, 0.15) is 317 Å². The molecule has 0 heterocycles. The molecule has 0 unspecified atom stereocenters. The van der Waals surface area contributed by atoms with Gasteiger partial charge in [-0.3, -0.25) is 14.4 Å². The Balaban J connectivity index is 4.27. The van der Waals surface area contributed by atoms with Crippen molar-refractivity contribution in [2.75, 3.05) is 13.2 Å². The maximum atomic E-state index is 12.8. The summed E-state index contributed by atoms with van der Waals surface area (Å²) >= 11 is 0. The average Bonchev–Trinajstić information content (AvgIpc) is 3.26. The molecule has 368 valence electrons. The van der Waals surface area contributed by atoms with Crippen molar-refractivity contribution in [1.82, 2.24) is 0 Å². The minimum absolute atomic E-state index is 0.0621. The summed E-state index contributed by atoms with van der Waals surface area (Å²) in [6, 6.07) is 0. The van der Waals surface area contributed by atoms with Gasteiger partial charge in [0.05, 0.1) is 0 Å². The molecule has 0 aromatic rings. The van der Waals surface area contributed by atoms with Crippen LogP contribution >= 0.6 is 0 Å². The third-order valence-corrected chi connectivity index (χ3v) is 12.8. The molecule has 6 heteroatoms. The standard InChI is InChI=1S/C56H108O6/c1-5-7-9-11-13-15-17-18-19-20-25-29-33-37-41-45-49-56(59)62-53(50-60-54(57)47-43-39-35-31-26-16-14-12-10-8-6-2)51-61-55(58)48-44-40-36-32-28-24-22-21-23-27-30-34-38-42-46-52(3)4/h52-53H,5-51H2,1-4H3/t53-/m1/s1. The van der Waals surface area contributed by atoms with Crippen molar-refractivity contribution in [2.45, 2.75) is 323 Å². The van der Waals surface area contributed by atoms with Gasteiger partial charge in [0, 0.05) is 19.3 Å². The van der Waals surface area contributed by atoms with Crippen molar-refractivity contribution in [2.24, 2.45) is 5.92 Å². The van der Waals surface area contributed by atoms with Crippen LogP contribution in [0.25, 0.3) is 0 Å². The smallest absolute Gasteiger partial charge is 0.306 e. The van der Waals surface area contributed by atoms with E-state index in [0.717, 1.165) is 63.7 Å². The first kappa shape index (κ1) is 60.4. The van der Waals surface area contributed by atoms with E-state index in [1.165, 1.54) is 212 Å². The summed E-state index contributed by atoms with van der Waals surface area (Å²) < 4.78 is 16.9. The Hall–Kier alpha value is -1.59. The molecule has 0 aromatic heterocycles. The zero-order chi connectivity index (χ0) is 45.2. The van der Waals surface area contributed by atoms with E-state index < -0.39 is 6.10 Å². The Bertz CT molecular complexity index is 933. The highest BCUT2D eigenvalue weighted by atomic mass is 16.6. The Morgan fingerprint density at radius 2 is 0.532 bits per heavy atom. The lowest BCUT2D eigenvalue weighted by Gasteiger charge is -2.18. The second-order valence-electron chi connectivity index (χ2n) is 19.7. The molecular weight excluding hydrogens is 769 g/mol. The summed E-state index contributed by atoms with van der Waals surface area (Å²) in [5, 5.41) is 0. The van der Waals surface area contributed by atoms with Gasteiger partial charge in [-0.25, -0.2) is 0 Å². The molecule has 0 aliphatic heterocycles. The third-order valence-electron chi connectivity index (χ3n) is 12.8. The first-order valence-corrected chi connectivity index (χ1v) is 27.9. The van der Waals surface area contributed by atoms with Crippen LogP contribution in [-0.4, -0.2) is 37.2 Å². The highest BCUT2D eigenvalue weighted by molar-refractivity contribution is 5.71. The van der Waals surface area contributed by atoms with Crippen LogP contribution in [0.4, 0.5) is 0 Å². The van der Waals surface area contributed by atoms with Crippen molar-refractivity contribution < 1.29 is 28.6 Å². The van der Waals surface area contributed by atoms with Crippen LogP contribution in [0, 0.1) is 5.92 Å². The average molecular weight is 877 g/mol. The predicted molar refractivity (Wildman–Crippen MR) is 266 cm³/mol. The molecule has 6 nitrogen and oxygen atoms in total. The summed E-state index contributed by atoms with van der Waals surface area (Å²) in [5.74, 6) is 0.00618. The lowest BCUT2D eigenvalue weighted by Crippen LogP contribution is -2.30. The number of esters is 3. The van der Waals surface area contributed by atoms with E-state index in [1.54, 1.807) is 0 Å². The van der Waals surface area contributed by atoms with E-state index in [9.17, 15) is 14.4 Å². The Kier molecular flexibility index (Phi) is 49.1. The zero-order valence-electron chi connectivity index (χ0n) is 42.3. The molecule has 0 saturated heterocycles. The van der Waals surface area contributed by atoms with E-state index in [-0.39, 0.29) is 31.1 Å². The maximum Gasteiger partial charge on any atom is 0.306 e. The second-order valence-corrected chi connectivity index (χ2v) is 19.7. The summed E-state index contributed by atoms with van der Waals surface area (Å²) in [7, 11) is 0. The molecule has 0 spiro atoms. The molecule has 0 rings (SSSR count). The molecule has 0 aliphatic carbocycles. The van der Waals surface area contributed by atoms with Crippen molar-refractivity contribution in [3.05, 3.63) is 0 Å². The fourth-order valence-corrected chi connectivity index (χ4v) is 8.57. The molecule has 0 aliphatic rings. The number of carbonyl (C=O) groups is 3. The minimum atomic E-state index is -0.761. The topological polar surface area (TPSA) is 78.9 Å². The molecule has 0 fully saturated rings. The van der Waals surface area contributed by atoms with Gasteiger partial charge in [-0.15, -0.1) is 0 Å². The Labute approximate surface area is 387 Å². The maximum absolute atomic E-state index is 12.8. The van der Waals surface area contributed by atoms with Gasteiger partial charge < -0.3 is 14.2 Å². The zero-order valence-corrected chi connectivity index (χ0v) is 42.3. The van der Waals surface area contributed by atoms with E-state index in [0.29, 0.717) is 19.3 Å². The normalized spacial score (nSPS) is 12.0. The van der Waals surface area contributed by atoms with Crippen LogP contribution in [0.5, 0.6) is 0 Å². The van der Waals surface area contributed by atoms with Gasteiger partial charge in [-0.05, 0) is 25.2 Å². The Morgan fingerprint density at radius 3 is 0.790 bits per heavy atom. The molecule has 0 radical (unpaired) electrons. The summed E-state index contributed by atoms with van der Waals surface area (Å²) in [6.07, 6.45) is 53.7. The highest BCUT2D eigenvalue weighted by Crippen LogP contribution is 2.18. The second kappa shape index (κ2) is 50.4. The van der Waals surface area contributed by atoms with E-state index in [2.05, 4.69) is 27.7 Å². The number of hydrogen-bond donors (Lipinski definition) is 0. The van der Waals surface area contributed by atoms with Gasteiger partial charge in [-0.1, -0.05) is 278 Å². The SMILES string of the molecule is CCCCCCCCCCCCCCCCCCC(=O)O[C@H](COC(=O)CCCCCCCCCCCCC)COC(=O)CCCCCCCCCCCCCCCCC(C)C. The molecule has 1 atom stereocenters. The van der Waals surface area contributed by atoms with Crippen LogP contribution < -0.4 is 0 Å². The Morgan fingerprint density at radius 1 is 0.306 bits per heavy atom. The predicted octanol–water partition coefficient (Wildman–Crippen LogP) is 18.2. The molecule has 0 amide bonds. The van der Waals surface area contributed by atoms with Gasteiger partial charge in [0.2, 0.25) is 0 Å². The monoisotopic (exact) mass is 877 g/mol. The number of ether oxygens (including phenoxy) is 3. The van der Waals surface area contributed by atoms with Crippen LogP contribution in [-0.2, 0) is 28.6 Å². The van der Waals surface area contributed by atoms with Gasteiger partial charge >= 0.3 is 17.9 Å². The summed E-state index contributed by atoms with van der Waals surface area (Å²) in [6.45, 7) is 9.05. The fourth-order valence-electron chi connectivity index (χ4n) is 8.57. The number of hydrogen-bond acceptors (Lipinski definition) is 6. The van der Waals surface area contributed by atoms with Gasteiger partial charge in [0.1, 0.15) is 13.2 Å². The van der Waals surface area contributed by atoms with Crippen LogP contribution in [0.3, 0.4) is 0 Å². The van der Waals surface area contributed by atoms with Crippen molar-refractivity contribution in [3.8, 4) is 0 Å². The largest absolute Gasteiger partial charge is 0.462 e. The van der Waals surface area contributed by atoms with Crippen molar-refractivity contribution >= 4 is 17.9 Å². The molecule has 0 bridgehead atoms. The fraction of sp³-hybridized carbons (Fsp3) is 0.946. The van der Waals surface area contributed by atoms with Gasteiger partial charge in [-0.2, -0.15) is 0 Å². The van der Waals surface area contributed by atoms with Crippen LogP contribution in [0.15, 0.2) is 0 Å². The molecular formula is C56H108O6. The number of carbonyl (C=O) groups excluding carboxylic acids is 3. The first-order chi connectivity index (χ1) is 30.4. The van der Waals surface area contributed by atoms with Crippen molar-refractivity contribution in [3.63, 3.8) is 0 Å². The van der Waals surface area contributed by atoms with E-state index in [1.807, 2.05) is 0 Å².